The van der Waals surface area contributed by atoms with Crippen molar-refractivity contribution in [1.82, 2.24) is 9.88 Å². The quantitative estimate of drug-likeness (QED) is 0.208. The molecule has 0 unspecified atom stereocenters. The van der Waals surface area contributed by atoms with Gasteiger partial charge in [0.15, 0.2) is 17.2 Å². The number of nitrogens with two attached hydrogens (primary N) is 1. The molecule has 0 aliphatic heterocycles. The van der Waals surface area contributed by atoms with Crippen LogP contribution in [0.15, 0.2) is 42.2 Å². The molecule has 11 heteroatoms. The highest BCUT2D eigenvalue weighted by molar-refractivity contribution is 6.23. The number of aryl methyl sites for hydroxylation is 1. The molecule has 1 saturated carbocycles. The molecule has 212 valence electrons. The van der Waals surface area contributed by atoms with Crippen LogP contribution < -0.4 is 5.73 Å². The first-order valence-corrected chi connectivity index (χ1v) is 13.0. The number of benzene rings is 1. The molecular weight excluding hydrogens is 518 g/mol. The van der Waals surface area contributed by atoms with E-state index in [4.69, 9.17) is 5.73 Å². The van der Waals surface area contributed by atoms with Crippen molar-refractivity contribution in [3.8, 4) is 5.75 Å². The van der Waals surface area contributed by atoms with E-state index in [0.717, 1.165) is 0 Å². The Morgan fingerprint density at radius 3 is 2.52 bits per heavy atom. The first-order chi connectivity index (χ1) is 18.9. The number of aromatic hydroxyl groups is 1. The predicted octanol–water partition coefficient (Wildman–Crippen LogP) is 0.731. The fraction of sp³-hybridized carbons (Fsp3) is 0.414. The Balaban J connectivity index is 1.78. The minimum atomic E-state index is -2.73. The van der Waals surface area contributed by atoms with Crippen LogP contribution in [0, 0.1) is 11.8 Å². The zero-order chi connectivity index (χ0) is 29.4. The maximum atomic E-state index is 13.9. The Labute approximate surface area is 230 Å². The highest BCUT2D eigenvalue weighted by atomic mass is 16.3. The van der Waals surface area contributed by atoms with Gasteiger partial charge in [-0.3, -0.25) is 24.2 Å². The number of amides is 1. The van der Waals surface area contributed by atoms with E-state index in [0.29, 0.717) is 23.1 Å². The topological polar surface area (TPSA) is 191 Å². The number of phenolic OH excluding ortho intramolecular Hbond substituents is 1. The van der Waals surface area contributed by atoms with Crippen LogP contribution in [0.5, 0.6) is 5.75 Å². The first kappa shape index (κ1) is 29.1. The smallest absolute Gasteiger partial charge is 0.225 e. The third-order valence-corrected chi connectivity index (χ3v) is 8.08. The van der Waals surface area contributed by atoms with Gasteiger partial charge in [0, 0.05) is 41.9 Å². The summed E-state index contributed by atoms with van der Waals surface area (Å²) >= 11 is 0. The number of nitrogens with zero attached hydrogens (tertiary/aromatic N) is 2. The lowest BCUT2D eigenvalue weighted by Crippen LogP contribution is -2.64. The molecule has 4 atom stereocenters. The summed E-state index contributed by atoms with van der Waals surface area (Å²) in [6.45, 7) is -0.492. The van der Waals surface area contributed by atoms with Crippen molar-refractivity contribution in [2.24, 2.45) is 17.6 Å². The molecule has 11 nitrogen and oxygen atoms in total. The fourth-order valence-electron chi connectivity index (χ4n) is 6.06. The number of carbonyl (C=O) groups excluding carboxylic acids is 4. The summed E-state index contributed by atoms with van der Waals surface area (Å²) in [5.74, 6) is -6.03. The largest absolute Gasteiger partial charge is 0.507 e. The Hall–Kier alpha value is -3.93. The zero-order valence-electron chi connectivity index (χ0n) is 22.3. The van der Waals surface area contributed by atoms with Crippen molar-refractivity contribution >= 4 is 29.0 Å². The van der Waals surface area contributed by atoms with E-state index in [1.165, 1.54) is 12.3 Å². The number of aliphatic hydroxyl groups excluding tert-OH is 2. The molecule has 1 aromatic heterocycles. The van der Waals surface area contributed by atoms with Gasteiger partial charge < -0.3 is 31.1 Å². The molecule has 1 fully saturated rings. The number of rotatable bonds is 10. The predicted molar refractivity (Wildman–Crippen MR) is 143 cm³/mol. The fourth-order valence-corrected chi connectivity index (χ4v) is 6.06. The molecule has 2 aliphatic rings. The highest BCUT2D eigenvalue weighted by Gasteiger charge is 2.60. The molecule has 0 spiro atoms. The lowest BCUT2D eigenvalue weighted by atomic mass is 9.59. The van der Waals surface area contributed by atoms with E-state index in [1.54, 1.807) is 43.4 Å². The lowest BCUT2D eigenvalue weighted by molar-refractivity contribution is -0.163. The van der Waals surface area contributed by atoms with Crippen LogP contribution in [0.25, 0.3) is 5.76 Å². The molecule has 0 bridgehead atoms. The third-order valence-electron chi connectivity index (χ3n) is 8.08. The third kappa shape index (κ3) is 5.03. The second-order valence-corrected chi connectivity index (χ2v) is 10.6. The van der Waals surface area contributed by atoms with Crippen LogP contribution >= 0.6 is 0 Å². The molecule has 4 rings (SSSR count). The summed E-state index contributed by atoms with van der Waals surface area (Å²) in [7, 11) is 3.25. The zero-order valence-corrected chi connectivity index (χ0v) is 22.3. The maximum absolute atomic E-state index is 13.9. The number of phenols is 1. The van der Waals surface area contributed by atoms with Gasteiger partial charge >= 0.3 is 0 Å². The Morgan fingerprint density at radius 2 is 1.93 bits per heavy atom. The van der Waals surface area contributed by atoms with Crippen molar-refractivity contribution in [1.29, 1.82) is 0 Å². The number of hydrogen-bond acceptors (Lipinski definition) is 10. The second kappa shape index (κ2) is 11.3. The standard InChI is InChI=1S/C29H33N3O8/c1-32(2)20(14-33)19-11-17-10-18-15(5-7-21(34)16-4-3-9-31-13-16)6-8-22(35)26(18)27(38)25(17)28(39)29(19,40)23(36)12-24(30)37/h3-4,6,8-9,13,17,19-20,33,35,38,40H,5,7,10-12,14H2,1-2H3,(H2,30,37)/t17-,19-,20+,29+/m0/s1. The number of likely N-dealkylation sites (N-methyl/N-ethyl adjacent to an activating group) is 1. The molecule has 2 aromatic rings. The Bertz CT molecular complexity index is 1390. The van der Waals surface area contributed by atoms with E-state index in [9.17, 15) is 39.6 Å². The van der Waals surface area contributed by atoms with Crippen LogP contribution in [-0.2, 0) is 27.2 Å². The van der Waals surface area contributed by atoms with E-state index in [1.807, 2.05) is 0 Å². The molecule has 1 amide bonds. The molecule has 1 aromatic carbocycles. The minimum absolute atomic E-state index is 0.000366. The van der Waals surface area contributed by atoms with E-state index >= 15 is 0 Å². The number of aromatic nitrogens is 1. The van der Waals surface area contributed by atoms with E-state index in [-0.39, 0.29) is 41.9 Å². The number of ketones is 3. The SMILES string of the molecule is CN(C)[C@H](CO)[C@@H]1C[C@@H]2Cc3c(CCC(=O)c4cccnc4)ccc(O)c3C(O)=C2C(=O)[C@]1(O)C(=O)CC(N)=O. The monoisotopic (exact) mass is 551 g/mol. The van der Waals surface area contributed by atoms with E-state index < -0.39 is 59.7 Å². The number of pyridine rings is 1. The van der Waals surface area contributed by atoms with Gasteiger partial charge in [-0.05, 0) is 68.6 Å². The van der Waals surface area contributed by atoms with Crippen LogP contribution in [0.1, 0.15) is 46.3 Å². The Morgan fingerprint density at radius 1 is 1.20 bits per heavy atom. The van der Waals surface area contributed by atoms with Crippen molar-refractivity contribution in [3.05, 3.63) is 64.5 Å². The van der Waals surface area contributed by atoms with Gasteiger partial charge in [-0.2, -0.15) is 0 Å². The second-order valence-electron chi connectivity index (χ2n) is 10.6. The van der Waals surface area contributed by atoms with Crippen LogP contribution in [0.3, 0.4) is 0 Å². The lowest BCUT2D eigenvalue weighted by Gasteiger charge is -2.47. The van der Waals surface area contributed by atoms with Gasteiger partial charge in [-0.1, -0.05) is 6.07 Å². The van der Waals surface area contributed by atoms with Crippen molar-refractivity contribution in [2.75, 3.05) is 20.7 Å². The molecule has 0 radical (unpaired) electrons. The number of fused-ring (bicyclic) bond motifs is 2. The normalized spacial score (nSPS) is 23.0. The summed E-state index contributed by atoms with van der Waals surface area (Å²) in [6.07, 6.45) is 2.76. The minimum Gasteiger partial charge on any atom is -0.507 e. The molecule has 0 saturated heterocycles. The summed E-state index contributed by atoms with van der Waals surface area (Å²) < 4.78 is 0. The number of primary amides is 1. The van der Waals surface area contributed by atoms with Crippen molar-refractivity contribution in [3.63, 3.8) is 0 Å². The average molecular weight is 552 g/mol. The van der Waals surface area contributed by atoms with Gasteiger partial charge in [0.25, 0.3) is 0 Å². The van der Waals surface area contributed by atoms with Crippen LogP contribution in [-0.4, -0.2) is 85.9 Å². The summed E-state index contributed by atoms with van der Waals surface area (Å²) in [4.78, 5) is 56.8. The van der Waals surface area contributed by atoms with Gasteiger partial charge in [0.05, 0.1) is 18.6 Å². The van der Waals surface area contributed by atoms with Crippen LogP contribution in [0.2, 0.25) is 0 Å². The summed E-state index contributed by atoms with van der Waals surface area (Å²) in [5.41, 5.74) is 3.95. The molecule has 1 heterocycles. The first-order valence-electron chi connectivity index (χ1n) is 13.0. The summed E-state index contributed by atoms with van der Waals surface area (Å²) in [5, 5.41) is 43.8. The Kier molecular flexibility index (Phi) is 8.20. The molecular formula is C29H33N3O8. The number of hydrogen-bond donors (Lipinski definition) is 5. The van der Waals surface area contributed by atoms with E-state index in [2.05, 4.69) is 4.98 Å². The van der Waals surface area contributed by atoms with Crippen molar-refractivity contribution < 1.29 is 39.6 Å². The van der Waals surface area contributed by atoms with Gasteiger partial charge in [-0.25, -0.2) is 0 Å². The molecule has 2 aliphatic carbocycles. The number of aliphatic hydroxyl groups is 3. The van der Waals surface area contributed by atoms with Crippen molar-refractivity contribution in [2.45, 2.75) is 43.7 Å². The van der Waals surface area contributed by atoms with Crippen LogP contribution in [0.4, 0.5) is 0 Å². The number of Topliss-reactive ketones (excluding diaryl/α,β-unsaturated/α-hetero) is 3. The van der Waals surface area contributed by atoms with Gasteiger partial charge in [-0.15, -0.1) is 0 Å². The summed E-state index contributed by atoms with van der Waals surface area (Å²) in [6, 6.07) is 5.51. The number of carbonyl (C=O) groups is 4. The van der Waals surface area contributed by atoms with Gasteiger partial charge in [0.1, 0.15) is 11.5 Å². The maximum Gasteiger partial charge on any atom is 0.225 e. The highest BCUT2D eigenvalue weighted by Crippen LogP contribution is 2.49. The average Bonchev–Trinajstić information content (AvgIpc) is 2.90. The molecule has 6 N–H and O–H groups in total. The molecule has 40 heavy (non-hydrogen) atoms. The van der Waals surface area contributed by atoms with Gasteiger partial charge in [0.2, 0.25) is 11.7 Å².